The summed E-state index contributed by atoms with van der Waals surface area (Å²) in [5.41, 5.74) is 1.05. The van der Waals surface area contributed by atoms with E-state index in [1.807, 2.05) is 22.6 Å². The van der Waals surface area contributed by atoms with Gasteiger partial charge in [0.05, 0.1) is 29.7 Å². The molecule has 5 nitrogen and oxygen atoms in total. The number of aliphatic hydroxyl groups is 1. The van der Waals surface area contributed by atoms with Gasteiger partial charge in [-0.1, -0.05) is 0 Å². The van der Waals surface area contributed by atoms with E-state index in [1.54, 1.807) is 25.2 Å². The number of benzene rings is 1. The van der Waals surface area contributed by atoms with Crippen molar-refractivity contribution in [2.75, 3.05) is 25.5 Å². The van der Waals surface area contributed by atoms with Gasteiger partial charge in [0.1, 0.15) is 5.82 Å². The minimum Gasteiger partial charge on any atom is -0.395 e. The van der Waals surface area contributed by atoms with Crippen LogP contribution in [0.25, 0.3) is 0 Å². The van der Waals surface area contributed by atoms with Gasteiger partial charge in [-0.2, -0.15) is 0 Å². The number of nitrogens with zero attached hydrogens (tertiary/aromatic N) is 2. The van der Waals surface area contributed by atoms with Crippen molar-refractivity contribution in [3.8, 4) is 0 Å². The molecule has 22 heavy (non-hydrogen) atoms. The van der Waals surface area contributed by atoms with Gasteiger partial charge < -0.3 is 15.3 Å². The minimum atomic E-state index is -0.405. The molecule has 7 heteroatoms. The summed E-state index contributed by atoms with van der Waals surface area (Å²) >= 11 is 2.02. The number of carbonyl (C=O) groups is 1. The highest BCUT2D eigenvalue weighted by Gasteiger charge is 2.16. The summed E-state index contributed by atoms with van der Waals surface area (Å²) in [4.78, 5) is 17.7. The number of rotatable bonds is 5. The van der Waals surface area contributed by atoms with Crippen LogP contribution in [-0.4, -0.2) is 41.1 Å². The van der Waals surface area contributed by atoms with Crippen molar-refractivity contribution in [2.24, 2.45) is 0 Å². The molecule has 116 valence electrons. The molecular formula is C15H15FIN3O2. The first-order valence-electron chi connectivity index (χ1n) is 6.55. The maximum atomic E-state index is 13.9. The van der Waals surface area contributed by atoms with Crippen LogP contribution in [0.2, 0.25) is 0 Å². The zero-order valence-corrected chi connectivity index (χ0v) is 14.0. The molecule has 0 atom stereocenters. The number of likely N-dealkylation sites (N-methyl/N-ethyl adjacent to an activating group) is 1. The Morgan fingerprint density at radius 2 is 2.18 bits per heavy atom. The number of nitrogens with one attached hydrogen (secondary N) is 1. The first kappa shape index (κ1) is 16.6. The molecular weight excluding hydrogens is 400 g/mol. The smallest absolute Gasteiger partial charge is 0.255 e. The van der Waals surface area contributed by atoms with Gasteiger partial charge >= 0.3 is 0 Å². The van der Waals surface area contributed by atoms with Crippen LogP contribution in [0.3, 0.4) is 0 Å². The van der Waals surface area contributed by atoms with Crippen LogP contribution >= 0.6 is 22.6 Å². The largest absolute Gasteiger partial charge is 0.395 e. The predicted octanol–water partition coefficient (Wildman–Crippen LogP) is 2.63. The van der Waals surface area contributed by atoms with E-state index in [4.69, 9.17) is 5.11 Å². The van der Waals surface area contributed by atoms with Crippen LogP contribution in [0.4, 0.5) is 15.8 Å². The molecule has 0 radical (unpaired) electrons. The van der Waals surface area contributed by atoms with Gasteiger partial charge in [-0.15, -0.1) is 0 Å². The third kappa shape index (κ3) is 3.92. The molecule has 1 heterocycles. The monoisotopic (exact) mass is 415 g/mol. The van der Waals surface area contributed by atoms with Gasteiger partial charge in [0.2, 0.25) is 0 Å². The average Bonchev–Trinajstić information content (AvgIpc) is 2.50. The Bertz CT molecular complexity index is 682. The molecule has 0 saturated carbocycles. The van der Waals surface area contributed by atoms with E-state index < -0.39 is 5.82 Å². The molecule has 0 bridgehead atoms. The van der Waals surface area contributed by atoms with Crippen LogP contribution in [0.5, 0.6) is 0 Å². The first-order valence-corrected chi connectivity index (χ1v) is 7.63. The summed E-state index contributed by atoms with van der Waals surface area (Å²) in [7, 11) is 1.59. The zero-order chi connectivity index (χ0) is 16.1. The fourth-order valence-corrected chi connectivity index (χ4v) is 2.33. The molecule has 2 rings (SSSR count). The van der Waals surface area contributed by atoms with E-state index in [9.17, 15) is 9.18 Å². The van der Waals surface area contributed by atoms with E-state index in [2.05, 4.69) is 10.3 Å². The molecule has 0 aliphatic rings. The molecule has 0 aliphatic heterocycles. The molecule has 0 aliphatic carbocycles. The lowest BCUT2D eigenvalue weighted by molar-refractivity contribution is 0.0768. The maximum absolute atomic E-state index is 13.9. The first-order chi connectivity index (χ1) is 10.5. The van der Waals surface area contributed by atoms with Crippen molar-refractivity contribution in [1.29, 1.82) is 0 Å². The van der Waals surface area contributed by atoms with E-state index in [0.29, 0.717) is 11.3 Å². The van der Waals surface area contributed by atoms with Crippen molar-refractivity contribution < 1.29 is 14.3 Å². The molecule has 2 N–H and O–H groups in total. The summed E-state index contributed by atoms with van der Waals surface area (Å²) in [5.74, 6) is -0.678. The topological polar surface area (TPSA) is 65.5 Å². The third-order valence-electron chi connectivity index (χ3n) is 3.03. The number of aromatic nitrogens is 1. The molecule has 0 saturated heterocycles. The van der Waals surface area contributed by atoms with Crippen LogP contribution in [0, 0.1) is 9.39 Å². The van der Waals surface area contributed by atoms with Crippen LogP contribution in [-0.2, 0) is 0 Å². The van der Waals surface area contributed by atoms with Gasteiger partial charge in [0, 0.05) is 23.4 Å². The van der Waals surface area contributed by atoms with Gasteiger partial charge in [-0.3, -0.25) is 9.78 Å². The lowest BCUT2D eigenvalue weighted by atomic mass is 10.2. The van der Waals surface area contributed by atoms with Crippen LogP contribution in [0.15, 0.2) is 36.7 Å². The fraction of sp³-hybridized carbons (Fsp3) is 0.200. The number of anilines is 2. The SMILES string of the molecule is CN(CCO)C(=O)c1ccncc1Nc1ccc(I)cc1F. The van der Waals surface area contributed by atoms with Crippen molar-refractivity contribution in [1.82, 2.24) is 9.88 Å². The van der Waals surface area contributed by atoms with Gasteiger partial charge in [0.15, 0.2) is 0 Å². The number of pyridine rings is 1. The number of halogens is 2. The highest BCUT2D eigenvalue weighted by molar-refractivity contribution is 14.1. The Kier molecular flexibility index (Phi) is 5.67. The Morgan fingerprint density at radius 1 is 1.41 bits per heavy atom. The van der Waals surface area contributed by atoms with Crippen molar-refractivity contribution in [3.05, 3.63) is 51.6 Å². The molecule has 1 amide bonds. The molecule has 1 aromatic heterocycles. The normalized spacial score (nSPS) is 10.4. The maximum Gasteiger partial charge on any atom is 0.255 e. The number of aliphatic hydroxyl groups excluding tert-OH is 1. The second-order valence-electron chi connectivity index (χ2n) is 4.62. The van der Waals surface area contributed by atoms with Crippen molar-refractivity contribution in [3.63, 3.8) is 0 Å². The summed E-state index contributed by atoms with van der Waals surface area (Å²) in [6, 6.07) is 6.33. The quantitative estimate of drug-likeness (QED) is 0.738. The summed E-state index contributed by atoms with van der Waals surface area (Å²) in [6.45, 7) is 0.0975. The standard InChI is InChI=1S/C15H15FIN3O2/c1-20(6-7-21)15(22)11-4-5-18-9-14(11)19-13-3-2-10(17)8-12(13)16/h2-5,8-9,19,21H,6-7H2,1H3. The summed E-state index contributed by atoms with van der Waals surface area (Å²) < 4.78 is 14.7. The van der Waals surface area contributed by atoms with E-state index in [0.717, 1.165) is 3.57 Å². The third-order valence-corrected chi connectivity index (χ3v) is 3.71. The number of hydrogen-bond acceptors (Lipinski definition) is 4. The summed E-state index contributed by atoms with van der Waals surface area (Å²) in [6.07, 6.45) is 2.97. The minimum absolute atomic E-state index is 0.123. The van der Waals surface area contributed by atoms with E-state index >= 15 is 0 Å². The predicted molar refractivity (Wildman–Crippen MR) is 90.7 cm³/mol. The molecule has 1 aromatic carbocycles. The highest BCUT2D eigenvalue weighted by atomic mass is 127. The molecule has 2 aromatic rings. The Morgan fingerprint density at radius 3 is 2.86 bits per heavy atom. The van der Waals surface area contributed by atoms with Gasteiger partial charge in [-0.05, 0) is 46.9 Å². The molecule has 0 unspecified atom stereocenters. The number of carbonyl (C=O) groups excluding carboxylic acids is 1. The Balaban J connectivity index is 2.30. The lowest BCUT2D eigenvalue weighted by Crippen LogP contribution is -2.30. The molecule has 0 fully saturated rings. The van der Waals surface area contributed by atoms with Gasteiger partial charge in [-0.25, -0.2) is 4.39 Å². The lowest BCUT2D eigenvalue weighted by Gasteiger charge is -2.18. The Hall–Kier alpha value is -1.74. The van der Waals surface area contributed by atoms with E-state index in [1.165, 1.54) is 23.4 Å². The second-order valence-corrected chi connectivity index (χ2v) is 5.87. The fourth-order valence-electron chi connectivity index (χ4n) is 1.87. The summed E-state index contributed by atoms with van der Waals surface area (Å²) in [5, 5.41) is 11.8. The number of hydrogen-bond donors (Lipinski definition) is 2. The number of amides is 1. The zero-order valence-electron chi connectivity index (χ0n) is 11.9. The average molecular weight is 415 g/mol. The highest BCUT2D eigenvalue weighted by Crippen LogP contribution is 2.24. The van der Waals surface area contributed by atoms with Crippen LogP contribution in [0.1, 0.15) is 10.4 Å². The second kappa shape index (κ2) is 7.50. The molecule has 0 spiro atoms. The van der Waals surface area contributed by atoms with E-state index in [-0.39, 0.29) is 24.7 Å². The van der Waals surface area contributed by atoms with Crippen molar-refractivity contribution >= 4 is 39.9 Å². The van der Waals surface area contributed by atoms with Crippen LogP contribution < -0.4 is 5.32 Å². The Labute approximate surface area is 141 Å². The van der Waals surface area contributed by atoms with Crippen molar-refractivity contribution in [2.45, 2.75) is 0 Å². The van der Waals surface area contributed by atoms with Gasteiger partial charge in [0.25, 0.3) is 5.91 Å².